The fraction of sp³-hybridized carbons (Fsp3) is 0.143. The van der Waals surface area contributed by atoms with Gasteiger partial charge in [-0.15, -0.1) is 0 Å². The van der Waals surface area contributed by atoms with Crippen molar-refractivity contribution in [1.29, 1.82) is 0 Å². The van der Waals surface area contributed by atoms with Gasteiger partial charge in [0.1, 0.15) is 0 Å². The average molecular weight is 244 g/mol. The molecule has 2 aromatic rings. The van der Waals surface area contributed by atoms with E-state index in [0.29, 0.717) is 6.54 Å². The summed E-state index contributed by atoms with van der Waals surface area (Å²) in [4.78, 5) is 1.21. The molecule has 0 amide bonds. The lowest BCUT2D eigenvalue weighted by molar-refractivity contribution is 0.917. The molecule has 2 nitrogen and oxygen atoms in total. The third kappa shape index (κ3) is 3.60. The van der Waals surface area contributed by atoms with Gasteiger partial charge in [-0.2, -0.15) is 0 Å². The Morgan fingerprint density at radius 1 is 0.882 bits per heavy atom. The fourth-order valence-corrected chi connectivity index (χ4v) is 2.20. The zero-order valence-electron chi connectivity index (χ0n) is 9.60. The van der Waals surface area contributed by atoms with E-state index in [1.165, 1.54) is 16.0 Å². The van der Waals surface area contributed by atoms with Crippen molar-refractivity contribution in [2.45, 2.75) is 4.90 Å². The number of rotatable bonds is 5. The number of hydrogen-bond donors (Lipinski definition) is 2. The molecule has 17 heavy (non-hydrogen) atoms. The van der Waals surface area contributed by atoms with Crippen LogP contribution in [0.2, 0.25) is 0 Å². The molecule has 0 saturated heterocycles. The normalized spacial score (nSPS) is 10.4. The van der Waals surface area contributed by atoms with Gasteiger partial charge in [0.05, 0.1) is 0 Å². The first-order valence-electron chi connectivity index (χ1n) is 5.65. The van der Waals surface area contributed by atoms with Crippen LogP contribution in [0.3, 0.4) is 0 Å². The van der Waals surface area contributed by atoms with Crippen LogP contribution in [-0.2, 0) is 0 Å². The minimum atomic E-state index is 0.662. The topological polar surface area (TPSA) is 38.0 Å². The molecule has 3 heteroatoms. The lowest BCUT2D eigenvalue weighted by Crippen LogP contribution is -2.15. The Morgan fingerprint density at radius 2 is 1.53 bits per heavy atom. The molecule has 0 unspecified atom stereocenters. The summed E-state index contributed by atoms with van der Waals surface area (Å²) in [6.07, 6.45) is 0. The van der Waals surface area contributed by atoms with Crippen LogP contribution in [0.4, 0.5) is 0 Å². The van der Waals surface area contributed by atoms with Crippen LogP contribution in [-0.4, -0.2) is 13.1 Å². The predicted octanol–water partition coefficient (Wildman–Crippen LogP) is 2.91. The van der Waals surface area contributed by atoms with Gasteiger partial charge in [0.2, 0.25) is 0 Å². The summed E-state index contributed by atoms with van der Waals surface area (Å²) < 4.78 is 3.20. The zero-order chi connectivity index (χ0) is 11.9. The predicted molar refractivity (Wildman–Crippen MR) is 74.8 cm³/mol. The van der Waals surface area contributed by atoms with E-state index >= 15 is 0 Å². The Balaban J connectivity index is 2.03. The number of hydrogen-bond acceptors (Lipinski definition) is 3. The molecule has 0 heterocycles. The van der Waals surface area contributed by atoms with Crippen molar-refractivity contribution in [3.8, 4) is 11.1 Å². The largest absolute Gasteiger partial charge is 0.329 e. The summed E-state index contributed by atoms with van der Waals surface area (Å²) in [6, 6.07) is 18.9. The minimum absolute atomic E-state index is 0.662. The second kappa shape index (κ2) is 6.45. The summed E-state index contributed by atoms with van der Waals surface area (Å²) in [5, 5.41) is 0. The molecule has 0 radical (unpaired) electrons. The molecule has 88 valence electrons. The van der Waals surface area contributed by atoms with Gasteiger partial charge in [0, 0.05) is 18.0 Å². The first-order valence-corrected chi connectivity index (χ1v) is 6.47. The van der Waals surface area contributed by atoms with E-state index in [1.54, 1.807) is 11.9 Å². The standard InChI is InChI=1S/C14H16N2S/c15-10-11-16-17-14-8-6-13(7-9-14)12-4-2-1-3-5-12/h1-9,16H,10-11,15H2. The van der Waals surface area contributed by atoms with Gasteiger partial charge >= 0.3 is 0 Å². The van der Waals surface area contributed by atoms with E-state index in [2.05, 4.69) is 53.3 Å². The highest BCUT2D eigenvalue weighted by atomic mass is 32.2. The van der Waals surface area contributed by atoms with Crippen molar-refractivity contribution in [1.82, 2.24) is 4.72 Å². The van der Waals surface area contributed by atoms with Crippen molar-refractivity contribution in [2.75, 3.05) is 13.1 Å². The Hall–Kier alpha value is -1.29. The molecule has 0 aliphatic rings. The second-order valence-electron chi connectivity index (χ2n) is 3.68. The molecule has 0 aromatic heterocycles. The van der Waals surface area contributed by atoms with Gasteiger partial charge in [-0.25, -0.2) is 0 Å². The fourth-order valence-electron chi connectivity index (χ4n) is 1.54. The maximum atomic E-state index is 5.42. The van der Waals surface area contributed by atoms with Crippen LogP contribution >= 0.6 is 11.9 Å². The summed E-state index contributed by atoms with van der Waals surface area (Å²) in [7, 11) is 0. The van der Waals surface area contributed by atoms with Crippen LogP contribution in [0.15, 0.2) is 59.5 Å². The first kappa shape index (κ1) is 12.2. The molecule has 3 N–H and O–H groups in total. The first-order chi connectivity index (χ1) is 8.40. The van der Waals surface area contributed by atoms with E-state index in [1.807, 2.05) is 6.07 Å². The van der Waals surface area contributed by atoms with Gasteiger partial charge in [0.15, 0.2) is 0 Å². The summed E-state index contributed by atoms with van der Waals surface area (Å²) in [5.74, 6) is 0. The lowest BCUT2D eigenvalue weighted by Gasteiger charge is -2.04. The van der Waals surface area contributed by atoms with Gasteiger partial charge in [-0.3, -0.25) is 4.72 Å². The third-order valence-electron chi connectivity index (χ3n) is 2.40. The maximum absolute atomic E-state index is 5.42. The van der Waals surface area contributed by atoms with Crippen molar-refractivity contribution >= 4 is 11.9 Å². The molecular formula is C14H16N2S. The Labute approximate surface area is 106 Å². The Morgan fingerprint density at radius 3 is 2.18 bits per heavy atom. The second-order valence-corrected chi connectivity index (χ2v) is 4.64. The van der Waals surface area contributed by atoms with Gasteiger partial charge in [-0.05, 0) is 35.2 Å². The van der Waals surface area contributed by atoms with E-state index in [-0.39, 0.29) is 0 Å². The number of nitrogens with one attached hydrogen (secondary N) is 1. The average Bonchev–Trinajstić information content (AvgIpc) is 2.41. The molecule has 2 rings (SSSR count). The highest BCUT2D eigenvalue weighted by Crippen LogP contribution is 2.22. The zero-order valence-corrected chi connectivity index (χ0v) is 10.4. The van der Waals surface area contributed by atoms with Crippen LogP contribution in [0.5, 0.6) is 0 Å². The summed E-state index contributed by atoms with van der Waals surface area (Å²) in [6.45, 7) is 1.49. The van der Waals surface area contributed by atoms with Crippen molar-refractivity contribution in [3.05, 3.63) is 54.6 Å². The smallest absolute Gasteiger partial charge is 0.0228 e. The monoisotopic (exact) mass is 244 g/mol. The van der Waals surface area contributed by atoms with Crippen LogP contribution in [0.1, 0.15) is 0 Å². The molecule has 0 bridgehead atoms. The SMILES string of the molecule is NCCNSc1ccc(-c2ccccc2)cc1. The molecule has 0 aliphatic carbocycles. The lowest BCUT2D eigenvalue weighted by atomic mass is 10.1. The quantitative estimate of drug-likeness (QED) is 0.627. The van der Waals surface area contributed by atoms with E-state index in [0.717, 1.165) is 6.54 Å². The van der Waals surface area contributed by atoms with Crippen molar-refractivity contribution in [3.63, 3.8) is 0 Å². The van der Waals surface area contributed by atoms with Crippen LogP contribution < -0.4 is 10.5 Å². The van der Waals surface area contributed by atoms with Gasteiger partial charge < -0.3 is 5.73 Å². The highest BCUT2D eigenvalue weighted by Gasteiger charge is 1.97. The molecular weight excluding hydrogens is 228 g/mol. The molecule has 2 aromatic carbocycles. The molecule has 0 atom stereocenters. The van der Waals surface area contributed by atoms with Crippen molar-refractivity contribution < 1.29 is 0 Å². The van der Waals surface area contributed by atoms with Crippen LogP contribution in [0, 0.1) is 0 Å². The molecule has 0 saturated carbocycles. The molecule has 0 fully saturated rings. The number of nitrogens with two attached hydrogens (primary N) is 1. The number of benzene rings is 2. The summed E-state index contributed by atoms with van der Waals surface area (Å²) >= 11 is 1.62. The van der Waals surface area contributed by atoms with E-state index in [9.17, 15) is 0 Å². The molecule has 0 aliphatic heterocycles. The van der Waals surface area contributed by atoms with E-state index in [4.69, 9.17) is 5.73 Å². The third-order valence-corrected chi connectivity index (χ3v) is 3.25. The van der Waals surface area contributed by atoms with Crippen molar-refractivity contribution in [2.24, 2.45) is 5.73 Å². The van der Waals surface area contributed by atoms with Crippen LogP contribution in [0.25, 0.3) is 11.1 Å². The van der Waals surface area contributed by atoms with Gasteiger partial charge in [-0.1, -0.05) is 42.5 Å². The van der Waals surface area contributed by atoms with E-state index < -0.39 is 0 Å². The highest BCUT2D eigenvalue weighted by molar-refractivity contribution is 7.97. The molecule has 0 spiro atoms. The Kier molecular flexibility index (Phi) is 4.62. The minimum Gasteiger partial charge on any atom is -0.329 e. The van der Waals surface area contributed by atoms with Gasteiger partial charge in [0.25, 0.3) is 0 Å². The Bertz CT molecular complexity index is 440. The summed E-state index contributed by atoms with van der Waals surface area (Å²) in [5.41, 5.74) is 7.91. The maximum Gasteiger partial charge on any atom is 0.0228 e.